The molecule has 146 valence electrons. The van der Waals surface area contributed by atoms with E-state index in [1.165, 1.54) is 22.2 Å². The maximum absolute atomic E-state index is 12.2. The Hall–Kier alpha value is -2.31. The molecule has 0 aromatic heterocycles. The van der Waals surface area contributed by atoms with Crippen molar-refractivity contribution in [2.75, 3.05) is 20.3 Å². The van der Waals surface area contributed by atoms with Gasteiger partial charge in [-0.1, -0.05) is 61.2 Å². The van der Waals surface area contributed by atoms with E-state index in [1.54, 1.807) is 7.05 Å². The summed E-state index contributed by atoms with van der Waals surface area (Å²) in [7, 11) is 1.69. The minimum atomic E-state index is -0.0766. The van der Waals surface area contributed by atoms with E-state index in [1.807, 2.05) is 42.5 Å². The number of aryl methyl sites for hydroxylation is 1. The van der Waals surface area contributed by atoms with Gasteiger partial charge in [-0.05, 0) is 36.3 Å². The molecule has 1 aliphatic rings. The minimum absolute atomic E-state index is 0.0766. The van der Waals surface area contributed by atoms with Gasteiger partial charge in [-0.2, -0.15) is 0 Å². The normalized spacial score (nSPS) is 15.4. The molecule has 0 radical (unpaired) electrons. The van der Waals surface area contributed by atoms with E-state index in [-0.39, 0.29) is 5.91 Å². The SMILES string of the molecule is CCc1ccc(OCCCOc2ccccc2C=C2SC(=S)N(C)C2=O)cc1. The van der Waals surface area contributed by atoms with E-state index in [0.29, 0.717) is 22.4 Å². The molecule has 1 fully saturated rings. The summed E-state index contributed by atoms with van der Waals surface area (Å²) in [6, 6.07) is 15.9. The van der Waals surface area contributed by atoms with E-state index in [9.17, 15) is 4.79 Å². The number of likely N-dealkylation sites (N-methyl/N-ethyl adjacent to an activating group) is 1. The molecule has 2 aromatic rings. The molecule has 3 rings (SSSR count). The lowest BCUT2D eigenvalue weighted by Crippen LogP contribution is -2.22. The van der Waals surface area contributed by atoms with Crippen molar-refractivity contribution in [1.29, 1.82) is 0 Å². The van der Waals surface area contributed by atoms with Crippen molar-refractivity contribution in [2.45, 2.75) is 19.8 Å². The quantitative estimate of drug-likeness (QED) is 0.349. The van der Waals surface area contributed by atoms with Crippen molar-refractivity contribution in [3.8, 4) is 11.5 Å². The van der Waals surface area contributed by atoms with Gasteiger partial charge in [0.25, 0.3) is 5.91 Å². The lowest BCUT2D eigenvalue weighted by atomic mass is 10.2. The average molecular weight is 414 g/mol. The van der Waals surface area contributed by atoms with Gasteiger partial charge in [0.2, 0.25) is 0 Å². The molecule has 0 N–H and O–H groups in total. The third-order valence-corrected chi connectivity index (χ3v) is 5.82. The fourth-order valence-corrected chi connectivity index (χ4v) is 3.84. The van der Waals surface area contributed by atoms with Crippen LogP contribution in [0.15, 0.2) is 53.4 Å². The van der Waals surface area contributed by atoms with Crippen LogP contribution in [0.4, 0.5) is 0 Å². The van der Waals surface area contributed by atoms with Gasteiger partial charge in [0.05, 0.1) is 18.1 Å². The molecule has 0 atom stereocenters. The molecular weight excluding hydrogens is 390 g/mol. The Bertz CT molecular complexity index is 878. The van der Waals surface area contributed by atoms with E-state index < -0.39 is 0 Å². The number of hydrogen-bond acceptors (Lipinski definition) is 5. The van der Waals surface area contributed by atoms with Crippen LogP contribution in [0.3, 0.4) is 0 Å². The third kappa shape index (κ3) is 5.14. The molecule has 0 unspecified atom stereocenters. The van der Waals surface area contributed by atoms with Crippen LogP contribution in [0, 0.1) is 0 Å². The fourth-order valence-electron chi connectivity index (χ4n) is 2.67. The number of rotatable bonds is 8. The summed E-state index contributed by atoms with van der Waals surface area (Å²) in [6.45, 7) is 3.25. The van der Waals surface area contributed by atoms with Crippen molar-refractivity contribution in [3.05, 3.63) is 64.6 Å². The second kappa shape index (κ2) is 9.75. The van der Waals surface area contributed by atoms with Gasteiger partial charge in [-0.3, -0.25) is 9.69 Å². The zero-order valence-corrected chi connectivity index (χ0v) is 17.6. The highest BCUT2D eigenvalue weighted by atomic mass is 32.2. The summed E-state index contributed by atoms with van der Waals surface area (Å²) in [4.78, 5) is 14.3. The van der Waals surface area contributed by atoms with E-state index >= 15 is 0 Å². The summed E-state index contributed by atoms with van der Waals surface area (Å²) < 4.78 is 12.2. The number of para-hydroxylation sites is 1. The van der Waals surface area contributed by atoms with Crippen molar-refractivity contribution in [2.24, 2.45) is 0 Å². The Morgan fingerprint density at radius 2 is 1.79 bits per heavy atom. The summed E-state index contributed by atoms with van der Waals surface area (Å²) in [5, 5.41) is 0. The first-order valence-corrected chi connectivity index (χ1v) is 10.5. The van der Waals surface area contributed by atoms with E-state index in [2.05, 4.69) is 19.1 Å². The lowest BCUT2D eigenvalue weighted by molar-refractivity contribution is -0.121. The number of carbonyl (C=O) groups excluding carboxylic acids is 1. The second-order valence-corrected chi connectivity index (χ2v) is 8.00. The molecule has 0 aliphatic carbocycles. The molecule has 1 amide bonds. The van der Waals surface area contributed by atoms with Crippen LogP contribution in [-0.2, 0) is 11.2 Å². The molecule has 4 nitrogen and oxygen atoms in total. The number of hydrogen-bond donors (Lipinski definition) is 0. The monoisotopic (exact) mass is 413 g/mol. The van der Waals surface area contributed by atoms with E-state index in [4.69, 9.17) is 21.7 Å². The molecule has 0 spiro atoms. The third-order valence-electron chi connectivity index (χ3n) is 4.34. The van der Waals surface area contributed by atoms with Crippen molar-refractivity contribution < 1.29 is 14.3 Å². The number of thiocarbonyl (C=S) groups is 1. The first kappa shape index (κ1) is 20.4. The van der Waals surface area contributed by atoms with Crippen molar-refractivity contribution in [3.63, 3.8) is 0 Å². The molecule has 0 bridgehead atoms. The Balaban J connectivity index is 1.52. The van der Waals surface area contributed by atoms with Gasteiger partial charge < -0.3 is 9.47 Å². The van der Waals surface area contributed by atoms with Crippen LogP contribution in [0.1, 0.15) is 24.5 Å². The molecular formula is C22H23NO3S2. The highest BCUT2D eigenvalue weighted by molar-refractivity contribution is 8.26. The predicted octanol–water partition coefficient (Wildman–Crippen LogP) is 4.93. The number of thioether (sulfide) groups is 1. The number of nitrogens with zero attached hydrogens (tertiary/aromatic N) is 1. The zero-order chi connectivity index (χ0) is 19.9. The maximum Gasteiger partial charge on any atom is 0.265 e. The molecule has 1 heterocycles. The number of ether oxygens (including phenoxy) is 2. The Labute approximate surface area is 175 Å². The van der Waals surface area contributed by atoms with Crippen LogP contribution in [-0.4, -0.2) is 35.4 Å². The zero-order valence-electron chi connectivity index (χ0n) is 16.0. The number of benzene rings is 2. The Morgan fingerprint density at radius 1 is 1.07 bits per heavy atom. The Kier molecular flexibility index (Phi) is 7.12. The summed E-state index contributed by atoms with van der Waals surface area (Å²) in [5.74, 6) is 1.54. The first-order valence-electron chi connectivity index (χ1n) is 9.23. The smallest absolute Gasteiger partial charge is 0.265 e. The average Bonchev–Trinajstić information content (AvgIpc) is 2.96. The number of amides is 1. The highest BCUT2D eigenvalue weighted by Gasteiger charge is 2.28. The standard InChI is InChI=1S/C22H23NO3S2/c1-3-16-9-11-18(12-10-16)25-13-6-14-26-19-8-5-4-7-17(19)15-20-21(24)23(2)22(27)28-20/h4-5,7-12,15H,3,6,13-14H2,1-2H3. The second-order valence-electron chi connectivity index (χ2n) is 6.33. The molecule has 0 saturated carbocycles. The molecule has 1 aliphatic heterocycles. The van der Waals surface area contributed by atoms with Crippen LogP contribution in [0.2, 0.25) is 0 Å². The fraction of sp³-hybridized carbons (Fsp3) is 0.273. The Morgan fingerprint density at radius 3 is 2.46 bits per heavy atom. The minimum Gasteiger partial charge on any atom is -0.493 e. The predicted molar refractivity (Wildman–Crippen MR) is 119 cm³/mol. The van der Waals surface area contributed by atoms with Gasteiger partial charge in [-0.25, -0.2) is 0 Å². The lowest BCUT2D eigenvalue weighted by Gasteiger charge is -2.10. The largest absolute Gasteiger partial charge is 0.493 e. The van der Waals surface area contributed by atoms with Crippen LogP contribution in [0.25, 0.3) is 6.08 Å². The first-order chi connectivity index (χ1) is 13.6. The summed E-state index contributed by atoms with van der Waals surface area (Å²) in [6.07, 6.45) is 3.63. The molecule has 28 heavy (non-hydrogen) atoms. The highest BCUT2D eigenvalue weighted by Crippen LogP contribution is 2.33. The summed E-state index contributed by atoms with van der Waals surface area (Å²) >= 11 is 6.49. The topological polar surface area (TPSA) is 38.8 Å². The van der Waals surface area contributed by atoms with E-state index in [0.717, 1.165) is 29.9 Å². The van der Waals surface area contributed by atoms with Crippen LogP contribution in [0.5, 0.6) is 11.5 Å². The molecule has 1 saturated heterocycles. The van der Waals surface area contributed by atoms with Gasteiger partial charge >= 0.3 is 0 Å². The van der Waals surface area contributed by atoms with Gasteiger partial charge in [0, 0.05) is 19.0 Å². The van der Waals surface area contributed by atoms with Crippen molar-refractivity contribution in [1.82, 2.24) is 4.90 Å². The van der Waals surface area contributed by atoms with Gasteiger partial charge in [-0.15, -0.1) is 0 Å². The maximum atomic E-state index is 12.2. The molecule has 2 aromatic carbocycles. The molecule has 6 heteroatoms. The van der Waals surface area contributed by atoms with Crippen LogP contribution < -0.4 is 9.47 Å². The summed E-state index contributed by atoms with van der Waals surface area (Å²) in [5.41, 5.74) is 2.17. The van der Waals surface area contributed by atoms with Crippen LogP contribution >= 0.6 is 24.0 Å². The van der Waals surface area contributed by atoms with Crippen molar-refractivity contribution >= 4 is 40.3 Å². The van der Waals surface area contributed by atoms with Gasteiger partial charge in [0.15, 0.2) is 0 Å². The van der Waals surface area contributed by atoms with Gasteiger partial charge in [0.1, 0.15) is 15.8 Å². The number of carbonyl (C=O) groups is 1.